The van der Waals surface area contributed by atoms with Gasteiger partial charge in [-0.1, -0.05) is 80.1 Å². The van der Waals surface area contributed by atoms with Crippen LogP contribution in [0.3, 0.4) is 0 Å². The minimum Gasteiger partial charge on any atom is -0.338 e. The van der Waals surface area contributed by atoms with Crippen LogP contribution in [-0.2, 0) is 35.5 Å². The van der Waals surface area contributed by atoms with Gasteiger partial charge in [-0.25, -0.2) is 0 Å². The number of nitrogens with zero attached hydrogens (tertiary/aromatic N) is 2. The highest BCUT2D eigenvalue weighted by Crippen LogP contribution is 2.24. The molecule has 0 saturated carbocycles. The molecule has 0 fully saturated rings. The molecule has 0 unspecified atom stereocenters. The Hall–Kier alpha value is -3.40. The molecular formula is C30H34N2O2. The zero-order valence-corrected chi connectivity index (χ0v) is 20.5. The number of anilines is 1. The molecule has 0 N–H and O–H groups in total. The Morgan fingerprint density at radius 3 is 2.38 bits per heavy atom. The van der Waals surface area contributed by atoms with E-state index in [-0.39, 0.29) is 17.7 Å². The summed E-state index contributed by atoms with van der Waals surface area (Å²) in [7, 11) is 0. The average Bonchev–Trinajstić information content (AvgIpc) is 2.83. The van der Waals surface area contributed by atoms with Gasteiger partial charge in [-0.15, -0.1) is 0 Å². The van der Waals surface area contributed by atoms with E-state index in [2.05, 4.69) is 63.2 Å². The van der Waals surface area contributed by atoms with Crippen molar-refractivity contribution in [2.45, 2.75) is 53.1 Å². The third kappa shape index (κ3) is 5.93. The van der Waals surface area contributed by atoms with Gasteiger partial charge >= 0.3 is 0 Å². The predicted molar refractivity (Wildman–Crippen MR) is 138 cm³/mol. The first-order valence-electron chi connectivity index (χ1n) is 12.2. The van der Waals surface area contributed by atoms with Crippen LogP contribution in [0, 0.1) is 12.8 Å². The SMILES string of the molecule is Cc1ccc(CN(C(=O)CC(C)C)c2cccc(CC(=O)N3CCc4ccccc4C3)c2)cc1. The molecule has 4 nitrogen and oxygen atoms in total. The van der Waals surface area contributed by atoms with Gasteiger partial charge in [0.1, 0.15) is 0 Å². The van der Waals surface area contributed by atoms with Crippen LogP contribution in [0.4, 0.5) is 5.69 Å². The lowest BCUT2D eigenvalue weighted by atomic mass is 9.99. The molecule has 176 valence electrons. The Balaban J connectivity index is 1.51. The summed E-state index contributed by atoms with van der Waals surface area (Å²) in [4.78, 5) is 30.1. The lowest BCUT2D eigenvalue weighted by molar-refractivity contribution is -0.131. The van der Waals surface area contributed by atoms with Crippen LogP contribution in [0.25, 0.3) is 0 Å². The Morgan fingerprint density at radius 2 is 1.65 bits per heavy atom. The van der Waals surface area contributed by atoms with E-state index in [0.29, 0.717) is 25.9 Å². The summed E-state index contributed by atoms with van der Waals surface area (Å²) in [6.45, 7) is 8.13. The van der Waals surface area contributed by atoms with Crippen molar-refractivity contribution in [3.63, 3.8) is 0 Å². The topological polar surface area (TPSA) is 40.6 Å². The van der Waals surface area contributed by atoms with E-state index in [0.717, 1.165) is 29.8 Å². The normalized spacial score (nSPS) is 13.0. The summed E-state index contributed by atoms with van der Waals surface area (Å²) in [6, 6.07) is 24.6. The maximum atomic E-state index is 13.2. The second-order valence-electron chi connectivity index (χ2n) is 9.74. The van der Waals surface area contributed by atoms with Crippen molar-refractivity contribution in [3.05, 3.63) is 101 Å². The molecule has 3 aromatic rings. The fraction of sp³-hybridized carbons (Fsp3) is 0.333. The first kappa shape index (κ1) is 23.7. The highest BCUT2D eigenvalue weighted by Gasteiger charge is 2.22. The number of amides is 2. The van der Waals surface area contributed by atoms with Crippen LogP contribution >= 0.6 is 0 Å². The monoisotopic (exact) mass is 454 g/mol. The van der Waals surface area contributed by atoms with Gasteiger partial charge in [0.25, 0.3) is 0 Å². The summed E-state index contributed by atoms with van der Waals surface area (Å²) in [6.07, 6.45) is 1.73. The van der Waals surface area contributed by atoms with Crippen molar-refractivity contribution in [2.24, 2.45) is 5.92 Å². The van der Waals surface area contributed by atoms with Crippen LogP contribution in [0.1, 0.15) is 48.1 Å². The minimum absolute atomic E-state index is 0.103. The van der Waals surface area contributed by atoms with Crippen LogP contribution in [-0.4, -0.2) is 23.3 Å². The number of carbonyl (C=O) groups excluding carboxylic acids is 2. The van der Waals surface area contributed by atoms with Crippen molar-refractivity contribution in [1.82, 2.24) is 4.90 Å². The van der Waals surface area contributed by atoms with Crippen molar-refractivity contribution in [3.8, 4) is 0 Å². The summed E-state index contributed by atoms with van der Waals surface area (Å²) in [5.41, 5.74) is 6.65. The third-order valence-corrected chi connectivity index (χ3v) is 6.41. The van der Waals surface area contributed by atoms with Gasteiger partial charge in [-0.3, -0.25) is 9.59 Å². The number of benzene rings is 3. The number of hydrogen-bond donors (Lipinski definition) is 0. The number of carbonyl (C=O) groups is 2. The molecule has 4 heteroatoms. The largest absolute Gasteiger partial charge is 0.338 e. The molecule has 0 atom stereocenters. The van der Waals surface area contributed by atoms with Crippen molar-refractivity contribution in [1.29, 1.82) is 0 Å². The number of fused-ring (bicyclic) bond motifs is 1. The summed E-state index contributed by atoms with van der Waals surface area (Å²) in [5.74, 6) is 0.511. The molecule has 1 aliphatic rings. The van der Waals surface area contributed by atoms with Gasteiger partial charge in [0.05, 0.1) is 13.0 Å². The van der Waals surface area contributed by atoms with Gasteiger partial charge in [0.2, 0.25) is 11.8 Å². The standard InChI is InChI=1S/C30H34N2O2/c1-22(2)17-30(34)32(20-24-13-11-23(3)12-14-24)28-10-6-7-25(18-28)19-29(33)31-16-15-26-8-4-5-9-27(26)21-31/h4-14,18,22H,15-17,19-21H2,1-3H3. The van der Waals surface area contributed by atoms with Crippen LogP contribution in [0.15, 0.2) is 72.8 Å². The summed E-state index contributed by atoms with van der Waals surface area (Å²) >= 11 is 0. The molecule has 0 radical (unpaired) electrons. The zero-order valence-electron chi connectivity index (χ0n) is 20.5. The van der Waals surface area contributed by atoms with Gasteiger partial charge in [-0.05, 0) is 53.6 Å². The number of rotatable bonds is 7. The van der Waals surface area contributed by atoms with E-state index in [1.54, 1.807) is 0 Å². The van der Waals surface area contributed by atoms with E-state index in [1.165, 1.54) is 16.7 Å². The Labute approximate surface area is 203 Å². The molecule has 0 saturated heterocycles. The van der Waals surface area contributed by atoms with Gasteiger partial charge in [-0.2, -0.15) is 0 Å². The molecule has 3 aromatic carbocycles. The maximum Gasteiger partial charge on any atom is 0.227 e. The van der Waals surface area contributed by atoms with Gasteiger partial charge in [0.15, 0.2) is 0 Å². The van der Waals surface area contributed by atoms with E-state index in [1.807, 2.05) is 40.1 Å². The Bertz CT molecular complexity index is 1150. The summed E-state index contributed by atoms with van der Waals surface area (Å²) in [5, 5.41) is 0. The minimum atomic E-state index is 0.103. The lowest BCUT2D eigenvalue weighted by Crippen LogP contribution is -2.37. The molecule has 1 heterocycles. The maximum absolute atomic E-state index is 13.2. The Morgan fingerprint density at radius 1 is 0.912 bits per heavy atom. The lowest BCUT2D eigenvalue weighted by Gasteiger charge is -2.29. The fourth-order valence-electron chi connectivity index (χ4n) is 4.49. The smallest absolute Gasteiger partial charge is 0.227 e. The first-order chi connectivity index (χ1) is 16.4. The molecule has 1 aliphatic heterocycles. The molecule has 34 heavy (non-hydrogen) atoms. The average molecular weight is 455 g/mol. The predicted octanol–water partition coefficient (Wildman–Crippen LogP) is 5.70. The molecule has 2 amide bonds. The number of aryl methyl sites for hydroxylation is 1. The molecule has 4 rings (SSSR count). The van der Waals surface area contributed by atoms with Crippen molar-refractivity contribution >= 4 is 17.5 Å². The highest BCUT2D eigenvalue weighted by atomic mass is 16.2. The summed E-state index contributed by atoms with van der Waals surface area (Å²) < 4.78 is 0. The van der Waals surface area contributed by atoms with Crippen LogP contribution in [0.2, 0.25) is 0 Å². The molecule has 0 bridgehead atoms. The van der Waals surface area contributed by atoms with Crippen molar-refractivity contribution < 1.29 is 9.59 Å². The van der Waals surface area contributed by atoms with E-state index < -0.39 is 0 Å². The van der Waals surface area contributed by atoms with E-state index in [4.69, 9.17) is 0 Å². The van der Waals surface area contributed by atoms with E-state index >= 15 is 0 Å². The number of hydrogen-bond acceptors (Lipinski definition) is 2. The molecule has 0 spiro atoms. The highest BCUT2D eigenvalue weighted by molar-refractivity contribution is 5.93. The molecule has 0 aromatic heterocycles. The van der Waals surface area contributed by atoms with E-state index in [9.17, 15) is 9.59 Å². The van der Waals surface area contributed by atoms with Crippen LogP contribution in [0.5, 0.6) is 0 Å². The molecule has 0 aliphatic carbocycles. The van der Waals surface area contributed by atoms with Gasteiger partial charge in [0, 0.05) is 25.2 Å². The Kier molecular flexibility index (Phi) is 7.46. The fourth-order valence-corrected chi connectivity index (χ4v) is 4.49. The quantitative estimate of drug-likeness (QED) is 0.459. The third-order valence-electron chi connectivity index (χ3n) is 6.41. The van der Waals surface area contributed by atoms with Crippen LogP contribution < -0.4 is 4.90 Å². The van der Waals surface area contributed by atoms with Crippen molar-refractivity contribution in [2.75, 3.05) is 11.4 Å². The second-order valence-corrected chi connectivity index (χ2v) is 9.74. The second kappa shape index (κ2) is 10.7. The first-order valence-corrected chi connectivity index (χ1v) is 12.2. The zero-order chi connectivity index (χ0) is 24.1. The van der Waals surface area contributed by atoms with Gasteiger partial charge < -0.3 is 9.80 Å². The molecular weight excluding hydrogens is 420 g/mol.